The van der Waals surface area contributed by atoms with Gasteiger partial charge in [0.1, 0.15) is 5.04 Å². The molecule has 102 valence electrons. The van der Waals surface area contributed by atoms with Gasteiger partial charge < -0.3 is 5.73 Å². The van der Waals surface area contributed by atoms with Crippen molar-refractivity contribution in [1.82, 2.24) is 10.9 Å². The number of hydrogen-bond donors (Lipinski definition) is 3. The summed E-state index contributed by atoms with van der Waals surface area (Å²) < 4.78 is 11.6. The van der Waals surface area contributed by atoms with Crippen molar-refractivity contribution in [2.24, 2.45) is 10.7 Å². The van der Waals surface area contributed by atoms with Gasteiger partial charge in [-0.2, -0.15) is 0 Å². The smallest absolute Gasteiger partial charge is 0.110 e. The second-order valence-electron chi connectivity index (χ2n) is 4.13. The van der Waals surface area contributed by atoms with E-state index in [-0.39, 0.29) is 0 Å². The topological polar surface area (TPSA) is 79.5 Å². The predicted octanol–water partition coefficient (Wildman–Crippen LogP) is 0.632. The lowest BCUT2D eigenvalue weighted by Crippen LogP contribution is -2.33. The number of nitrogens with zero attached hydrogens (tertiary/aromatic N) is 1. The Kier molecular flexibility index (Phi) is 5.41. The van der Waals surface area contributed by atoms with Gasteiger partial charge in [-0.05, 0) is 5.56 Å². The molecule has 0 aliphatic carbocycles. The van der Waals surface area contributed by atoms with Crippen LogP contribution >= 0.6 is 0 Å². The third-order valence-corrected chi connectivity index (χ3v) is 3.92. The molecule has 1 aromatic carbocycles. The van der Waals surface area contributed by atoms with Crippen molar-refractivity contribution < 1.29 is 4.21 Å². The molecular formula is C13H18N4OS. The summed E-state index contributed by atoms with van der Waals surface area (Å²) >= 11 is 0. The van der Waals surface area contributed by atoms with Crippen molar-refractivity contribution in [3.63, 3.8) is 0 Å². The highest BCUT2D eigenvalue weighted by Gasteiger charge is 2.14. The fraction of sp³-hybridized carbons (Fsp3) is 0.308. The van der Waals surface area contributed by atoms with Crippen molar-refractivity contribution in [1.29, 1.82) is 0 Å². The van der Waals surface area contributed by atoms with Gasteiger partial charge in [0, 0.05) is 31.5 Å². The molecule has 1 atom stereocenters. The Morgan fingerprint density at radius 2 is 2.00 bits per heavy atom. The molecule has 19 heavy (non-hydrogen) atoms. The Bertz CT molecular complexity index is 499. The van der Waals surface area contributed by atoms with Crippen LogP contribution in [0.15, 0.2) is 46.4 Å². The molecule has 1 unspecified atom stereocenters. The second kappa shape index (κ2) is 7.30. The van der Waals surface area contributed by atoms with Gasteiger partial charge >= 0.3 is 0 Å². The number of aliphatic imine (C=N–C) groups is 1. The summed E-state index contributed by atoms with van der Waals surface area (Å²) in [6.07, 6.45) is 0.647. The first-order chi connectivity index (χ1) is 9.29. The third kappa shape index (κ3) is 4.36. The molecule has 2 rings (SSSR count). The van der Waals surface area contributed by atoms with Crippen LogP contribution in [0.2, 0.25) is 0 Å². The molecule has 0 fully saturated rings. The van der Waals surface area contributed by atoms with E-state index in [1.807, 2.05) is 18.2 Å². The Labute approximate surface area is 115 Å². The average molecular weight is 278 g/mol. The van der Waals surface area contributed by atoms with Gasteiger partial charge in [0.25, 0.3) is 0 Å². The number of nitrogens with one attached hydrogen (secondary N) is 2. The number of benzene rings is 1. The largest absolute Gasteiger partial charge is 0.325 e. The highest BCUT2D eigenvalue weighted by molar-refractivity contribution is 8.03. The van der Waals surface area contributed by atoms with E-state index in [9.17, 15) is 4.21 Å². The SMILES string of the molecule is NCC1=CS(=O)C(CCNNCc2ccccc2)=N1. The molecule has 6 heteroatoms. The molecule has 0 saturated heterocycles. The Morgan fingerprint density at radius 1 is 1.21 bits per heavy atom. The zero-order valence-corrected chi connectivity index (χ0v) is 11.5. The van der Waals surface area contributed by atoms with Crippen LogP contribution in [-0.2, 0) is 17.3 Å². The molecule has 1 aliphatic heterocycles. The second-order valence-corrected chi connectivity index (χ2v) is 5.43. The molecule has 1 aromatic rings. The summed E-state index contributed by atoms with van der Waals surface area (Å²) in [5, 5.41) is 2.31. The first kappa shape index (κ1) is 14.1. The highest BCUT2D eigenvalue weighted by atomic mass is 32.2. The summed E-state index contributed by atoms with van der Waals surface area (Å²) in [4.78, 5) is 4.23. The predicted molar refractivity (Wildman–Crippen MR) is 78.6 cm³/mol. The summed E-state index contributed by atoms with van der Waals surface area (Å²) in [6, 6.07) is 10.1. The molecule has 0 saturated carbocycles. The van der Waals surface area contributed by atoms with Gasteiger partial charge in [-0.25, -0.2) is 9.20 Å². The van der Waals surface area contributed by atoms with E-state index < -0.39 is 10.8 Å². The average Bonchev–Trinajstić information content (AvgIpc) is 2.80. The molecule has 5 nitrogen and oxygen atoms in total. The van der Waals surface area contributed by atoms with E-state index >= 15 is 0 Å². The van der Waals surface area contributed by atoms with Crippen molar-refractivity contribution in [3.8, 4) is 0 Å². The highest BCUT2D eigenvalue weighted by Crippen LogP contribution is 2.11. The van der Waals surface area contributed by atoms with E-state index in [2.05, 4.69) is 28.0 Å². The van der Waals surface area contributed by atoms with Crippen molar-refractivity contribution >= 4 is 15.8 Å². The molecule has 0 amide bonds. The van der Waals surface area contributed by atoms with Gasteiger partial charge in [0.05, 0.1) is 16.5 Å². The van der Waals surface area contributed by atoms with Crippen molar-refractivity contribution in [3.05, 3.63) is 47.0 Å². The lowest BCUT2D eigenvalue weighted by atomic mass is 10.2. The Balaban J connectivity index is 1.64. The first-order valence-electron chi connectivity index (χ1n) is 6.18. The normalized spacial score (nSPS) is 18.3. The maximum Gasteiger partial charge on any atom is 0.110 e. The quantitative estimate of drug-likeness (QED) is 0.505. The van der Waals surface area contributed by atoms with Gasteiger partial charge in [-0.1, -0.05) is 30.3 Å². The lowest BCUT2D eigenvalue weighted by Gasteiger charge is -2.06. The van der Waals surface area contributed by atoms with E-state index in [1.165, 1.54) is 5.56 Å². The minimum absolute atomic E-state index is 0.342. The maximum absolute atomic E-state index is 11.6. The monoisotopic (exact) mass is 278 g/mol. The molecule has 0 bridgehead atoms. The fourth-order valence-electron chi connectivity index (χ4n) is 1.69. The summed E-state index contributed by atoms with van der Waals surface area (Å²) in [5.41, 5.74) is 13.6. The number of hydrogen-bond acceptors (Lipinski definition) is 5. The molecule has 1 aliphatic rings. The number of nitrogens with two attached hydrogens (primary N) is 1. The van der Waals surface area contributed by atoms with Crippen LogP contribution in [0, 0.1) is 0 Å². The lowest BCUT2D eigenvalue weighted by molar-refractivity contribution is 0.541. The number of hydrazine groups is 1. The molecule has 4 N–H and O–H groups in total. The van der Waals surface area contributed by atoms with Crippen LogP contribution < -0.4 is 16.6 Å². The molecule has 1 heterocycles. The van der Waals surface area contributed by atoms with E-state index in [0.29, 0.717) is 30.3 Å². The maximum atomic E-state index is 11.6. The van der Waals surface area contributed by atoms with Crippen molar-refractivity contribution in [2.75, 3.05) is 13.1 Å². The van der Waals surface area contributed by atoms with Gasteiger partial charge in [0.15, 0.2) is 0 Å². The standard InChI is InChI=1S/C13H18N4OS/c14-8-12-10-19(18)13(17-12)6-7-15-16-9-11-4-2-1-3-5-11/h1-5,10,15-16H,6-9,14H2. The minimum Gasteiger partial charge on any atom is -0.325 e. The van der Waals surface area contributed by atoms with Crippen LogP contribution in [0.4, 0.5) is 0 Å². The van der Waals surface area contributed by atoms with E-state index in [4.69, 9.17) is 5.73 Å². The van der Waals surface area contributed by atoms with Crippen LogP contribution in [0.1, 0.15) is 12.0 Å². The van der Waals surface area contributed by atoms with Crippen LogP contribution in [0.25, 0.3) is 0 Å². The van der Waals surface area contributed by atoms with Gasteiger partial charge in [0.2, 0.25) is 0 Å². The molecule has 0 radical (unpaired) electrons. The van der Waals surface area contributed by atoms with Gasteiger partial charge in [-0.3, -0.25) is 10.9 Å². The summed E-state index contributed by atoms with van der Waals surface area (Å²) in [7, 11) is -1.09. The van der Waals surface area contributed by atoms with Gasteiger partial charge in [-0.15, -0.1) is 0 Å². The van der Waals surface area contributed by atoms with Crippen LogP contribution in [0.3, 0.4) is 0 Å². The third-order valence-electron chi connectivity index (χ3n) is 2.68. The van der Waals surface area contributed by atoms with Crippen molar-refractivity contribution in [2.45, 2.75) is 13.0 Å². The Hall–Kier alpha value is -1.34. The summed E-state index contributed by atoms with van der Waals surface area (Å²) in [5.74, 6) is 0. The summed E-state index contributed by atoms with van der Waals surface area (Å²) in [6.45, 7) is 1.78. The molecular weight excluding hydrogens is 260 g/mol. The Morgan fingerprint density at radius 3 is 2.68 bits per heavy atom. The minimum atomic E-state index is -1.09. The first-order valence-corrected chi connectivity index (χ1v) is 7.39. The van der Waals surface area contributed by atoms with Crippen LogP contribution in [0.5, 0.6) is 0 Å². The zero-order valence-electron chi connectivity index (χ0n) is 10.6. The van der Waals surface area contributed by atoms with E-state index in [1.54, 1.807) is 5.41 Å². The van der Waals surface area contributed by atoms with E-state index in [0.717, 1.165) is 6.54 Å². The number of rotatable bonds is 7. The molecule has 0 spiro atoms. The fourth-order valence-corrected chi connectivity index (χ4v) is 2.73. The molecule has 0 aromatic heterocycles. The van der Waals surface area contributed by atoms with Crippen LogP contribution in [-0.4, -0.2) is 22.3 Å². The zero-order chi connectivity index (χ0) is 13.5.